The molecule has 1 aliphatic rings. The van der Waals surface area contributed by atoms with E-state index in [1.807, 2.05) is 0 Å². The molecule has 0 unspecified atom stereocenters. The molecule has 2 rings (SSSR count). The Balaban J connectivity index is 2.05. The predicted molar refractivity (Wildman–Crippen MR) is 75.9 cm³/mol. The Morgan fingerprint density at radius 1 is 1.27 bits per heavy atom. The average molecular weight is 314 g/mol. The molecule has 0 saturated carbocycles. The molecule has 0 bridgehead atoms. The highest BCUT2D eigenvalue weighted by molar-refractivity contribution is 5.92. The molecule has 22 heavy (non-hydrogen) atoms. The molecule has 0 spiro atoms. The van der Waals surface area contributed by atoms with Gasteiger partial charge in [0.1, 0.15) is 5.75 Å². The van der Waals surface area contributed by atoms with Gasteiger partial charge >= 0.3 is 6.36 Å². The normalized spacial score (nSPS) is 17.0. The van der Waals surface area contributed by atoms with Gasteiger partial charge in [-0.1, -0.05) is 18.2 Å². The van der Waals surface area contributed by atoms with Crippen LogP contribution < -0.4 is 10.5 Å². The van der Waals surface area contributed by atoms with Gasteiger partial charge < -0.3 is 15.4 Å². The first-order valence-corrected chi connectivity index (χ1v) is 6.92. The number of ether oxygens (including phenoxy) is 1. The first-order chi connectivity index (χ1) is 10.3. The van der Waals surface area contributed by atoms with Crippen LogP contribution in [0.2, 0.25) is 0 Å². The molecule has 1 aromatic carbocycles. The maximum absolute atomic E-state index is 12.3. The maximum atomic E-state index is 12.3. The van der Waals surface area contributed by atoms with Crippen LogP contribution in [-0.4, -0.2) is 36.3 Å². The number of rotatable bonds is 3. The third-order valence-corrected chi connectivity index (χ3v) is 3.40. The van der Waals surface area contributed by atoms with Gasteiger partial charge in [-0.25, -0.2) is 0 Å². The third-order valence-electron chi connectivity index (χ3n) is 3.40. The Hall–Kier alpha value is -2.02. The predicted octanol–water partition coefficient (Wildman–Crippen LogP) is 2.55. The van der Waals surface area contributed by atoms with Crippen LogP contribution >= 0.6 is 0 Å². The van der Waals surface area contributed by atoms with E-state index >= 15 is 0 Å². The molecule has 0 aliphatic carbocycles. The molecule has 1 heterocycles. The Morgan fingerprint density at radius 2 is 1.91 bits per heavy atom. The summed E-state index contributed by atoms with van der Waals surface area (Å²) in [6, 6.07) is 5.78. The van der Waals surface area contributed by atoms with Crippen molar-refractivity contribution in [3.63, 3.8) is 0 Å². The number of nitrogens with zero attached hydrogens (tertiary/aromatic N) is 1. The van der Waals surface area contributed by atoms with Gasteiger partial charge in [0.15, 0.2) is 0 Å². The van der Waals surface area contributed by atoms with E-state index in [0.29, 0.717) is 13.1 Å². The van der Waals surface area contributed by atoms with Crippen LogP contribution in [0, 0.1) is 0 Å². The zero-order chi connectivity index (χ0) is 16.2. The minimum atomic E-state index is -4.77. The van der Waals surface area contributed by atoms with E-state index in [1.165, 1.54) is 30.4 Å². The first kappa shape index (κ1) is 16.4. The third kappa shape index (κ3) is 4.77. The second-order valence-electron chi connectivity index (χ2n) is 5.08. The highest BCUT2D eigenvalue weighted by Gasteiger charge is 2.31. The van der Waals surface area contributed by atoms with Crippen molar-refractivity contribution in [1.82, 2.24) is 4.90 Å². The van der Waals surface area contributed by atoms with E-state index in [2.05, 4.69) is 4.74 Å². The minimum Gasteiger partial charge on any atom is -0.405 e. The molecule has 2 N–H and O–H groups in total. The van der Waals surface area contributed by atoms with Gasteiger partial charge in [-0.2, -0.15) is 0 Å². The SMILES string of the molecule is NC1CCN(C(=O)/C=C/c2ccccc2OC(F)(F)F)CC1. The Bertz CT molecular complexity index is 550. The highest BCUT2D eigenvalue weighted by atomic mass is 19.4. The van der Waals surface area contributed by atoms with Crippen LogP contribution in [0.4, 0.5) is 13.2 Å². The van der Waals surface area contributed by atoms with E-state index in [9.17, 15) is 18.0 Å². The monoisotopic (exact) mass is 314 g/mol. The fraction of sp³-hybridized carbons (Fsp3) is 0.400. The molecule has 1 amide bonds. The molecule has 0 radical (unpaired) electrons. The highest BCUT2D eigenvalue weighted by Crippen LogP contribution is 2.27. The topological polar surface area (TPSA) is 55.6 Å². The number of hydrogen-bond donors (Lipinski definition) is 1. The number of halogens is 3. The van der Waals surface area contributed by atoms with Crippen LogP contribution in [0.5, 0.6) is 5.75 Å². The number of piperidine rings is 1. The lowest BCUT2D eigenvalue weighted by Crippen LogP contribution is -2.42. The van der Waals surface area contributed by atoms with Gasteiger partial charge in [0.2, 0.25) is 5.91 Å². The molecule has 1 aliphatic heterocycles. The zero-order valence-electron chi connectivity index (χ0n) is 11.8. The Morgan fingerprint density at radius 3 is 2.55 bits per heavy atom. The van der Waals surface area contributed by atoms with Crippen LogP contribution in [0.25, 0.3) is 6.08 Å². The largest absolute Gasteiger partial charge is 0.573 e. The summed E-state index contributed by atoms with van der Waals surface area (Å²) < 4.78 is 40.9. The lowest BCUT2D eigenvalue weighted by molar-refractivity contribution is -0.274. The van der Waals surface area contributed by atoms with Gasteiger partial charge in [-0.15, -0.1) is 13.2 Å². The number of amides is 1. The molecule has 1 aromatic rings. The van der Waals surface area contributed by atoms with Crippen molar-refractivity contribution in [3.8, 4) is 5.75 Å². The quantitative estimate of drug-likeness (QED) is 0.872. The van der Waals surface area contributed by atoms with Gasteiger partial charge in [-0.05, 0) is 25.0 Å². The summed E-state index contributed by atoms with van der Waals surface area (Å²) in [5.74, 6) is -0.576. The molecule has 0 aromatic heterocycles. The Kier molecular flexibility index (Phi) is 5.07. The maximum Gasteiger partial charge on any atom is 0.573 e. The van der Waals surface area contributed by atoms with E-state index in [-0.39, 0.29) is 23.3 Å². The van der Waals surface area contributed by atoms with Crippen LogP contribution in [0.1, 0.15) is 18.4 Å². The summed E-state index contributed by atoms with van der Waals surface area (Å²) in [5, 5.41) is 0. The minimum absolute atomic E-state index is 0.106. The first-order valence-electron chi connectivity index (χ1n) is 6.92. The van der Waals surface area contributed by atoms with Crippen molar-refractivity contribution in [3.05, 3.63) is 35.9 Å². The lowest BCUT2D eigenvalue weighted by Gasteiger charge is -2.29. The van der Waals surface area contributed by atoms with Crippen LogP contribution in [-0.2, 0) is 4.79 Å². The average Bonchev–Trinajstić information content (AvgIpc) is 2.45. The molecular formula is C15H17F3N2O2. The number of carbonyl (C=O) groups excluding carboxylic acids is 1. The van der Waals surface area contributed by atoms with E-state index in [4.69, 9.17) is 5.73 Å². The molecule has 7 heteroatoms. The van der Waals surface area contributed by atoms with Crippen molar-refractivity contribution in [2.24, 2.45) is 5.73 Å². The van der Waals surface area contributed by atoms with E-state index in [1.54, 1.807) is 11.0 Å². The summed E-state index contributed by atoms with van der Waals surface area (Å²) in [4.78, 5) is 13.6. The number of alkyl halides is 3. The van der Waals surface area contributed by atoms with Crippen molar-refractivity contribution in [1.29, 1.82) is 0 Å². The molecular weight excluding hydrogens is 297 g/mol. The zero-order valence-corrected chi connectivity index (χ0v) is 11.8. The summed E-state index contributed by atoms with van der Waals surface area (Å²) in [6.45, 7) is 1.12. The number of likely N-dealkylation sites (tertiary alicyclic amines) is 1. The Labute approximate surface area is 126 Å². The van der Waals surface area contributed by atoms with Gasteiger partial charge in [0, 0.05) is 30.8 Å². The molecule has 1 saturated heterocycles. The van der Waals surface area contributed by atoms with Crippen LogP contribution in [0.15, 0.2) is 30.3 Å². The van der Waals surface area contributed by atoms with Crippen LogP contribution in [0.3, 0.4) is 0 Å². The summed E-state index contributed by atoms with van der Waals surface area (Å²) in [6.07, 6.45) is -0.717. The smallest absolute Gasteiger partial charge is 0.405 e. The lowest BCUT2D eigenvalue weighted by atomic mass is 10.1. The summed E-state index contributed by atoms with van der Waals surface area (Å²) in [7, 11) is 0. The van der Waals surface area contributed by atoms with Crippen molar-refractivity contribution >= 4 is 12.0 Å². The van der Waals surface area contributed by atoms with E-state index in [0.717, 1.165) is 12.8 Å². The number of hydrogen-bond acceptors (Lipinski definition) is 3. The van der Waals surface area contributed by atoms with Crippen molar-refractivity contribution < 1.29 is 22.7 Å². The molecule has 4 nitrogen and oxygen atoms in total. The number of carbonyl (C=O) groups is 1. The number of nitrogens with two attached hydrogens (primary N) is 1. The second-order valence-corrected chi connectivity index (χ2v) is 5.08. The fourth-order valence-electron chi connectivity index (χ4n) is 2.22. The van der Waals surface area contributed by atoms with Crippen molar-refractivity contribution in [2.45, 2.75) is 25.2 Å². The molecule has 1 fully saturated rings. The van der Waals surface area contributed by atoms with Gasteiger partial charge in [0.05, 0.1) is 0 Å². The molecule has 120 valence electrons. The van der Waals surface area contributed by atoms with E-state index < -0.39 is 6.36 Å². The number of para-hydroxylation sites is 1. The molecule has 0 atom stereocenters. The van der Waals surface area contributed by atoms with Crippen molar-refractivity contribution in [2.75, 3.05) is 13.1 Å². The van der Waals surface area contributed by atoms with Gasteiger partial charge in [-0.3, -0.25) is 4.79 Å². The van der Waals surface area contributed by atoms with Gasteiger partial charge in [0.25, 0.3) is 0 Å². The summed E-state index contributed by atoms with van der Waals surface area (Å²) in [5.41, 5.74) is 5.96. The summed E-state index contributed by atoms with van der Waals surface area (Å²) >= 11 is 0. The standard InChI is InChI=1S/C15H17F3N2O2/c16-15(17,18)22-13-4-2-1-3-11(13)5-6-14(21)20-9-7-12(19)8-10-20/h1-6,12H,7-10,19H2/b6-5+. The second kappa shape index (κ2) is 6.83. The number of benzene rings is 1. The fourth-order valence-corrected chi connectivity index (χ4v) is 2.22.